The Hall–Kier alpha value is -0.0200. The SMILES string of the molecule is C=C=NCCCN(C)C.CI.NCCOCCOCCN. The Bertz CT molecular complexity index is 205. The summed E-state index contributed by atoms with van der Waals surface area (Å²) in [7, 11) is 4.11. The van der Waals surface area contributed by atoms with Crippen molar-refractivity contribution in [2.75, 3.05) is 71.6 Å². The summed E-state index contributed by atoms with van der Waals surface area (Å²) in [5, 5.41) is 0. The van der Waals surface area contributed by atoms with Gasteiger partial charge in [0.05, 0.1) is 26.4 Å². The van der Waals surface area contributed by atoms with Gasteiger partial charge >= 0.3 is 0 Å². The minimum absolute atomic E-state index is 0.566. The highest BCUT2D eigenvalue weighted by Crippen LogP contribution is 1.82. The molecule has 0 bridgehead atoms. The minimum Gasteiger partial charge on any atom is -0.378 e. The van der Waals surface area contributed by atoms with Gasteiger partial charge in [-0.1, -0.05) is 22.6 Å². The van der Waals surface area contributed by atoms with Crippen molar-refractivity contribution in [2.45, 2.75) is 6.42 Å². The summed E-state index contributed by atoms with van der Waals surface area (Å²) in [5.41, 5.74) is 10.4. The number of nitrogens with two attached hydrogens (primary N) is 2. The first-order chi connectivity index (χ1) is 10.2. The van der Waals surface area contributed by atoms with Crippen LogP contribution in [0.25, 0.3) is 0 Å². The summed E-state index contributed by atoms with van der Waals surface area (Å²) < 4.78 is 10.1. The van der Waals surface area contributed by atoms with Crippen molar-refractivity contribution in [3.05, 3.63) is 6.58 Å². The van der Waals surface area contributed by atoms with Crippen LogP contribution in [-0.2, 0) is 9.47 Å². The van der Waals surface area contributed by atoms with Gasteiger partial charge in [-0.05, 0) is 44.4 Å². The molecule has 0 aliphatic rings. The van der Waals surface area contributed by atoms with Crippen LogP contribution in [0.1, 0.15) is 6.42 Å². The van der Waals surface area contributed by atoms with Gasteiger partial charge < -0.3 is 25.8 Å². The fourth-order valence-electron chi connectivity index (χ4n) is 1.03. The molecule has 0 aromatic heterocycles. The second kappa shape index (κ2) is 28.2. The maximum atomic E-state index is 5.18. The van der Waals surface area contributed by atoms with Crippen LogP contribution in [0, 0.1) is 0 Å². The third kappa shape index (κ3) is 38.3. The first-order valence-electron chi connectivity index (χ1n) is 6.95. The summed E-state index contributed by atoms with van der Waals surface area (Å²) in [6.45, 7) is 8.87. The van der Waals surface area contributed by atoms with E-state index in [1.165, 1.54) is 0 Å². The van der Waals surface area contributed by atoms with E-state index in [9.17, 15) is 0 Å². The molecule has 21 heavy (non-hydrogen) atoms. The number of ether oxygens (including phenoxy) is 2. The fraction of sp³-hybridized carbons (Fsp3) is 0.857. The average Bonchev–Trinajstić information content (AvgIpc) is 2.50. The topological polar surface area (TPSA) is 86.1 Å². The predicted molar refractivity (Wildman–Crippen MR) is 101 cm³/mol. The van der Waals surface area contributed by atoms with Crippen LogP contribution >= 0.6 is 22.6 Å². The Balaban J connectivity index is -0.000000277. The molecule has 128 valence electrons. The van der Waals surface area contributed by atoms with E-state index in [0.29, 0.717) is 39.5 Å². The number of rotatable bonds is 11. The number of halogens is 1. The summed E-state index contributed by atoms with van der Waals surface area (Å²) in [5.74, 6) is 2.50. The summed E-state index contributed by atoms with van der Waals surface area (Å²) in [4.78, 5) is 7.96. The van der Waals surface area contributed by atoms with Gasteiger partial charge in [-0.2, -0.15) is 0 Å². The van der Waals surface area contributed by atoms with Crippen molar-refractivity contribution in [1.29, 1.82) is 0 Å². The second-order valence-corrected chi connectivity index (χ2v) is 4.00. The van der Waals surface area contributed by atoms with Crippen LogP contribution in [0.5, 0.6) is 0 Å². The molecule has 0 rings (SSSR count). The van der Waals surface area contributed by atoms with Crippen LogP contribution in [-0.4, -0.2) is 82.4 Å². The van der Waals surface area contributed by atoms with Crippen molar-refractivity contribution in [3.8, 4) is 0 Å². The smallest absolute Gasteiger partial charge is 0.0701 e. The monoisotopic (exact) mass is 416 g/mol. The van der Waals surface area contributed by atoms with Gasteiger partial charge in [-0.15, -0.1) is 0 Å². The Labute approximate surface area is 144 Å². The van der Waals surface area contributed by atoms with E-state index in [-0.39, 0.29) is 0 Å². The third-order valence-corrected chi connectivity index (χ3v) is 1.88. The van der Waals surface area contributed by atoms with E-state index >= 15 is 0 Å². The molecule has 6 nitrogen and oxygen atoms in total. The maximum absolute atomic E-state index is 5.18. The molecule has 0 saturated heterocycles. The standard InChI is InChI=1S/C7H14N2.C6H16N2O2.CH3I/c1-4-8-6-5-7-9(2)3;7-1-3-9-5-6-10-4-2-8;1-2/h1,5-7H2,2-3H3;1-8H2;1H3. The molecular weight excluding hydrogens is 383 g/mol. The number of nitrogens with zero attached hydrogens (tertiary/aromatic N) is 2. The molecule has 7 heteroatoms. The van der Waals surface area contributed by atoms with Crippen molar-refractivity contribution >= 4 is 28.5 Å². The molecule has 0 spiro atoms. The Morgan fingerprint density at radius 1 is 1.05 bits per heavy atom. The quantitative estimate of drug-likeness (QED) is 0.225. The van der Waals surface area contributed by atoms with E-state index in [1.54, 1.807) is 0 Å². The van der Waals surface area contributed by atoms with E-state index in [4.69, 9.17) is 20.9 Å². The van der Waals surface area contributed by atoms with Gasteiger partial charge in [-0.25, -0.2) is 4.99 Å². The molecule has 0 heterocycles. The molecule has 4 N–H and O–H groups in total. The molecule has 0 radical (unpaired) electrons. The molecule has 0 amide bonds. The van der Waals surface area contributed by atoms with Crippen LogP contribution < -0.4 is 11.5 Å². The number of hydrogen-bond donors (Lipinski definition) is 2. The van der Waals surface area contributed by atoms with Gasteiger partial charge in [0.25, 0.3) is 0 Å². The highest BCUT2D eigenvalue weighted by Gasteiger charge is 1.86. The lowest BCUT2D eigenvalue weighted by Gasteiger charge is -2.05. The molecule has 0 aliphatic heterocycles. The molecule has 0 saturated carbocycles. The molecule has 0 aromatic carbocycles. The summed E-state index contributed by atoms with van der Waals surface area (Å²) in [6, 6.07) is 0. The zero-order valence-electron chi connectivity index (χ0n) is 13.8. The van der Waals surface area contributed by atoms with E-state index in [0.717, 1.165) is 19.5 Å². The van der Waals surface area contributed by atoms with Gasteiger partial charge in [0.1, 0.15) is 0 Å². The van der Waals surface area contributed by atoms with Crippen molar-refractivity contribution in [3.63, 3.8) is 0 Å². The van der Waals surface area contributed by atoms with Crippen molar-refractivity contribution in [1.82, 2.24) is 4.90 Å². The van der Waals surface area contributed by atoms with Crippen LogP contribution in [0.4, 0.5) is 0 Å². The Kier molecular flexibility index (Phi) is 34.8. The number of alkyl halides is 1. The molecule has 0 atom stereocenters. The summed E-state index contributed by atoms with van der Waals surface area (Å²) in [6.07, 6.45) is 1.09. The first kappa shape index (κ1) is 25.9. The van der Waals surface area contributed by atoms with E-state index in [2.05, 4.69) is 59.0 Å². The van der Waals surface area contributed by atoms with Gasteiger partial charge in [-0.3, -0.25) is 0 Å². The van der Waals surface area contributed by atoms with Crippen LogP contribution in [0.2, 0.25) is 0 Å². The lowest BCUT2D eigenvalue weighted by atomic mass is 10.4. The molecular formula is C14H33IN4O2. The maximum Gasteiger partial charge on any atom is 0.0701 e. The van der Waals surface area contributed by atoms with Crippen LogP contribution in [0.3, 0.4) is 0 Å². The lowest BCUT2D eigenvalue weighted by molar-refractivity contribution is 0.0538. The van der Waals surface area contributed by atoms with Gasteiger partial charge in [0.15, 0.2) is 0 Å². The third-order valence-electron chi connectivity index (χ3n) is 1.88. The summed E-state index contributed by atoms with van der Waals surface area (Å²) >= 11 is 2.15. The molecule has 0 aromatic rings. The Morgan fingerprint density at radius 3 is 1.86 bits per heavy atom. The van der Waals surface area contributed by atoms with Gasteiger partial charge in [0.2, 0.25) is 0 Å². The fourth-order valence-corrected chi connectivity index (χ4v) is 1.03. The zero-order valence-corrected chi connectivity index (χ0v) is 16.0. The van der Waals surface area contributed by atoms with E-state index < -0.39 is 0 Å². The Morgan fingerprint density at radius 2 is 1.52 bits per heavy atom. The van der Waals surface area contributed by atoms with Crippen molar-refractivity contribution < 1.29 is 9.47 Å². The van der Waals surface area contributed by atoms with Crippen molar-refractivity contribution in [2.24, 2.45) is 16.5 Å². The molecule has 0 fully saturated rings. The second-order valence-electron chi connectivity index (χ2n) is 4.00. The normalized spacial score (nSPS) is 9.10. The average molecular weight is 416 g/mol. The highest BCUT2D eigenvalue weighted by molar-refractivity contribution is 14.1. The number of aliphatic imine (C=N–C) groups is 1. The van der Waals surface area contributed by atoms with Crippen LogP contribution in [0.15, 0.2) is 11.6 Å². The highest BCUT2D eigenvalue weighted by atomic mass is 127. The molecule has 0 aliphatic carbocycles. The zero-order chi connectivity index (χ0) is 16.8. The first-order valence-corrected chi connectivity index (χ1v) is 9.11. The number of hydrogen-bond acceptors (Lipinski definition) is 6. The van der Waals surface area contributed by atoms with Gasteiger partial charge in [0, 0.05) is 19.6 Å². The minimum atomic E-state index is 0.566. The molecule has 0 unspecified atom stereocenters. The predicted octanol–water partition coefficient (Wildman–Crippen LogP) is 0.782. The lowest BCUT2D eigenvalue weighted by Crippen LogP contribution is -2.14. The van der Waals surface area contributed by atoms with E-state index in [1.807, 2.05) is 4.93 Å². The largest absolute Gasteiger partial charge is 0.378 e.